The van der Waals surface area contributed by atoms with E-state index in [1.54, 1.807) is 26.8 Å². The molecule has 32 heavy (non-hydrogen) atoms. The molecule has 0 fully saturated rings. The standard InChI is InChI=1S/C23H26N4O4S/c1-14-7-6-8-21(17(14)4)31-18(5)22(28)26-19-9-11-20(12-10-19)32(29,30)27-23-24-15(2)13-16(3)25-23/h6-13,18H,1-5H3,(H,26,28)(H,24,25,27)/t18-/m0/s1. The predicted molar refractivity (Wildman–Crippen MR) is 123 cm³/mol. The second-order valence-electron chi connectivity index (χ2n) is 7.55. The highest BCUT2D eigenvalue weighted by atomic mass is 32.2. The van der Waals surface area contributed by atoms with Crippen LogP contribution in [0.1, 0.15) is 29.4 Å². The molecule has 8 nitrogen and oxygen atoms in total. The van der Waals surface area contributed by atoms with Gasteiger partial charge in [0.1, 0.15) is 5.75 Å². The Morgan fingerprint density at radius 1 is 0.969 bits per heavy atom. The van der Waals surface area contributed by atoms with Gasteiger partial charge in [0, 0.05) is 17.1 Å². The Balaban J connectivity index is 1.67. The zero-order valence-corrected chi connectivity index (χ0v) is 19.4. The molecule has 0 aliphatic rings. The van der Waals surface area contributed by atoms with Gasteiger partial charge in [-0.25, -0.2) is 23.1 Å². The van der Waals surface area contributed by atoms with Crippen LogP contribution in [0.2, 0.25) is 0 Å². The Bertz CT molecular complexity index is 1220. The molecule has 1 aromatic heterocycles. The third kappa shape index (κ3) is 5.61. The number of amides is 1. The van der Waals surface area contributed by atoms with Crippen molar-refractivity contribution in [1.29, 1.82) is 0 Å². The molecule has 0 aliphatic heterocycles. The Morgan fingerprint density at radius 3 is 2.22 bits per heavy atom. The lowest BCUT2D eigenvalue weighted by Crippen LogP contribution is -2.30. The lowest BCUT2D eigenvalue weighted by Gasteiger charge is -2.17. The summed E-state index contributed by atoms with van der Waals surface area (Å²) in [7, 11) is -3.87. The highest BCUT2D eigenvalue weighted by Crippen LogP contribution is 2.22. The summed E-state index contributed by atoms with van der Waals surface area (Å²) in [5.74, 6) is 0.314. The van der Waals surface area contributed by atoms with Crippen LogP contribution >= 0.6 is 0 Å². The Labute approximate surface area is 188 Å². The number of carbonyl (C=O) groups is 1. The number of sulfonamides is 1. The van der Waals surface area contributed by atoms with Gasteiger partial charge in [-0.1, -0.05) is 12.1 Å². The molecule has 0 spiro atoms. The number of rotatable bonds is 7. The summed E-state index contributed by atoms with van der Waals surface area (Å²) in [6.45, 7) is 9.09. The first-order chi connectivity index (χ1) is 15.0. The SMILES string of the molecule is Cc1cc(C)nc(NS(=O)(=O)c2ccc(NC(=O)[C@H](C)Oc3cccc(C)c3C)cc2)n1. The fraction of sp³-hybridized carbons (Fsp3) is 0.261. The van der Waals surface area contributed by atoms with E-state index >= 15 is 0 Å². The van der Waals surface area contributed by atoms with E-state index in [0.29, 0.717) is 22.8 Å². The summed E-state index contributed by atoms with van der Waals surface area (Å²) in [4.78, 5) is 20.7. The first-order valence-corrected chi connectivity index (χ1v) is 11.5. The molecule has 1 atom stereocenters. The van der Waals surface area contributed by atoms with Crippen molar-refractivity contribution in [3.63, 3.8) is 0 Å². The third-order valence-corrected chi connectivity index (χ3v) is 6.21. The number of aromatic nitrogens is 2. The number of nitrogens with zero attached hydrogens (tertiary/aromatic N) is 2. The molecule has 3 rings (SSSR count). The van der Waals surface area contributed by atoms with E-state index < -0.39 is 16.1 Å². The second kappa shape index (κ2) is 9.35. The zero-order valence-electron chi connectivity index (χ0n) is 18.6. The molecule has 9 heteroatoms. The highest BCUT2D eigenvalue weighted by molar-refractivity contribution is 7.92. The van der Waals surface area contributed by atoms with Crippen molar-refractivity contribution in [2.75, 3.05) is 10.0 Å². The molecule has 2 N–H and O–H groups in total. The number of nitrogens with one attached hydrogen (secondary N) is 2. The van der Waals surface area contributed by atoms with Crippen LogP contribution in [0.4, 0.5) is 11.6 Å². The molecule has 0 aliphatic carbocycles. The molecule has 0 saturated carbocycles. The monoisotopic (exact) mass is 454 g/mol. The van der Waals surface area contributed by atoms with Gasteiger partial charge in [-0.05, 0) is 82.1 Å². The zero-order chi connectivity index (χ0) is 23.5. The molecular weight excluding hydrogens is 428 g/mol. The summed E-state index contributed by atoms with van der Waals surface area (Å²) < 4.78 is 33.4. The van der Waals surface area contributed by atoms with Crippen molar-refractivity contribution in [3.8, 4) is 5.75 Å². The highest BCUT2D eigenvalue weighted by Gasteiger charge is 2.19. The maximum absolute atomic E-state index is 12.6. The Morgan fingerprint density at radius 2 is 1.59 bits per heavy atom. The Kier molecular flexibility index (Phi) is 6.78. The molecule has 1 amide bonds. The lowest BCUT2D eigenvalue weighted by atomic mass is 10.1. The molecular formula is C23H26N4O4S. The second-order valence-corrected chi connectivity index (χ2v) is 9.23. The van der Waals surface area contributed by atoms with E-state index in [4.69, 9.17) is 4.74 Å². The topological polar surface area (TPSA) is 110 Å². The van der Waals surface area contributed by atoms with E-state index in [9.17, 15) is 13.2 Å². The fourth-order valence-corrected chi connectivity index (χ4v) is 3.95. The molecule has 0 bridgehead atoms. The summed E-state index contributed by atoms with van der Waals surface area (Å²) in [6.07, 6.45) is -0.734. The van der Waals surface area contributed by atoms with Gasteiger partial charge in [-0.3, -0.25) is 4.79 Å². The molecule has 0 saturated heterocycles. The van der Waals surface area contributed by atoms with Gasteiger partial charge >= 0.3 is 0 Å². The first-order valence-electron chi connectivity index (χ1n) is 10.0. The van der Waals surface area contributed by atoms with Gasteiger partial charge in [0.05, 0.1) is 4.90 Å². The van der Waals surface area contributed by atoms with Gasteiger partial charge < -0.3 is 10.1 Å². The molecule has 168 valence electrons. The van der Waals surface area contributed by atoms with Crippen LogP contribution in [0.25, 0.3) is 0 Å². The van der Waals surface area contributed by atoms with Gasteiger partial charge in [0.15, 0.2) is 6.10 Å². The molecule has 3 aromatic rings. The summed E-state index contributed by atoms with van der Waals surface area (Å²) in [5, 5.41) is 2.74. The average Bonchev–Trinajstić information content (AvgIpc) is 2.70. The minimum absolute atomic E-state index is 0.0114. The number of hydrogen-bond acceptors (Lipinski definition) is 6. The van der Waals surface area contributed by atoms with Crippen LogP contribution in [0.5, 0.6) is 5.75 Å². The normalized spacial score (nSPS) is 12.2. The van der Waals surface area contributed by atoms with E-state index in [0.717, 1.165) is 11.1 Å². The molecule has 0 radical (unpaired) electrons. The van der Waals surface area contributed by atoms with Gasteiger partial charge in [-0.2, -0.15) is 0 Å². The minimum Gasteiger partial charge on any atom is -0.481 e. The van der Waals surface area contributed by atoms with Gasteiger partial charge in [-0.15, -0.1) is 0 Å². The van der Waals surface area contributed by atoms with Crippen LogP contribution in [0.15, 0.2) is 53.4 Å². The lowest BCUT2D eigenvalue weighted by molar-refractivity contribution is -0.122. The van der Waals surface area contributed by atoms with Crippen molar-refractivity contribution >= 4 is 27.6 Å². The predicted octanol–water partition coefficient (Wildman–Crippen LogP) is 3.92. The van der Waals surface area contributed by atoms with Crippen LogP contribution in [0.3, 0.4) is 0 Å². The number of benzene rings is 2. The van der Waals surface area contributed by atoms with E-state index in [2.05, 4.69) is 20.0 Å². The van der Waals surface area contributed by atoms with E-state index in [-0.39, 0.29) is 16.8 Å². The van der Waals surface area contributed by atoms with Crippen molar-refractivity contribution in [1.82, 2.24) is 9.97 Å². The summed E-state index contributed by atoms with van der Waals surface area (Å²) in [5.41, 5.74) is 3.82. The fourth-order valence-electron chi connectivity index (χ4n) is 3.01. The largest absolute Gasteiger partial charge is 0.481 e. The molecule has 1 heterocycles. The number of anilines is 2. The minimum atomic E-state index is -3.87. The van der Waals surface area contributed by atoms with Gasteiger partial charge in [0.25, 0.3) is 15.9 Å². The molecule has 0 unspecified atom stereocenters. The van der Waals surface area contributed by atoms with Crippen LogP contribution < -0.4 is 14.8 Å². The maximum atomic E-state index is 12.6. The summed E-state index contributed by atoms with van der Waals surface area (Å²) >= 11 is 0. The van der Waals surface area contributed by atoms with Crippen LogP contribution in [-0.4, -0.2) is 30.4 Å². The maximum Gasteiger partial charge on any atom is 0.265 e. The van der Waals surface area contributed by atoms with Crippen LogP contribution in [0, 0.1) is 27.7 Å². The Hall–Kier alpha value is -3.46. The third-order valence-electron chi connectivity index (χ3n) is 4.87. The van der Waals surface area contributed by atoms with Crippen molar-refractivity contribution in [2.24, 2.45) is 0 Å². The number of ether oxygens (including phenoxy) is 1. The number of carbonyl (C=O) groups excluding carboxylic acids is 1. The number of aryl methyl sites for hydroxylation is 3. The van der Waals surface area contributed by atoms with Crippen molar-refractivity contribution in [2.45, 2.75) is 45.6 Å². The average molecular weight is 455 g/mol. The van der Waals surface area contributed by atoms with Crippen molar-refractivity contribution in [3.05, 3.63) is 71.0 Å². The number of hydrogen-bond donors (Lipinski definition) is 2. The molecule has 2 aromatic carbocycles. The summed E-state index contributed by atoms with van der Waals surface area (Å²) in [6, 6.07) is 13.2. The van der Waals surface area contributed by atoms with E-state index in [1.807, 2.05) is 32.0 Å². The van der Waals surface area contributed by atoms with E-state index in [1.165, 1.54) is 24.3 Å². The quantitative estimate of drug-likeness (QED) is 0.560. The van der Waals surface area contributed by atoms with Gasteiger partial charge in [0.2, 0.25) is 5.95 Å². The van der Waals surface area contributed by atoms with Crippen LogP contribution in [-0.2, 0) is 14.8 Å². The van der Waals surface area contributed by atoms with Crippen molar-refractivity contribution < 1.29 is 17.9 Å². The first kappa shape index (κ1) is 23.2. The smallest absolute Gasteiger partial charge is 0.265 e.